The number of hydrogen-bond donors (Lipinski definition) is 0. The van der Waals surface area contributed by atoms with Gasteiger partial charge in [0.25, 0.3) is 0 Å². The first-order valence-electron chi connectivity index (χ1n) is 21.9. The molecule has 0 amide bonds. The van der Waals surface area contributed by atoms with Gasteiger partial charge in [-0.15, -0.1) is 0 Å². The van der Waals surface area contributed by atoms with Crippen LogP contribution in [0.4, 0.5) is 0 Å². The Labute approximate surface area is 376 Å². The minimum absolute atomic E-state index is 0.575. The highest BCUT2D eigenvalue weighted by Crippen LogP contribution is 2.41. The first-order valence-corrected chi connectivity index (χ1v) is 21.9. The maximum absolute atomic E-state index is 6.80. The summed E-state index contributed by atoms with van der Waals surface area (Å²) in [6.45, 7) is 0. The highest BCUT2D eigenvalue weighted by molar-refractivity contribution is 6.15. The Hall–Kier alpha value is -8.73. The molecule has 0 aliphatic carbocycles. The van der Waals surface area contributed by atoms with Gasteiger partial charge in [0.2, 0.25) is 0 Å². The number of fused-ring (bicyclic) bond motifs is 4. The molecule has 12 aromatic rings. The van der Waals surface area contributed by atoms with Crippen LogP contribution in [0.3, 0.4) is 0 Å². The van der Waals surface area contributed by atoms with Crippen molar-refractivity contribution in [3.8, 4) is 89.8 Å². The summed E-state index contributed by atoms with van der Waals surface area (Å²) >= 11 is 0. The van der Waals surface area contributed by atoms with Crippen molar-refractivity contribution in [3.63, 3.8) is 0 Å². The van der Waals surface area contributed by atoms with Crippen LogP contribution >= 0.6 is 0 Å². The lowest BCUT2D eigenvalue weighted by Gasteiger charge is -2.12. The Morgan fingerprint density at radius 2 is 0.738 bits per heavy atom. The number of nitrogens with zero attached hydrogens (tertiary/aromatic N) is 3. The lowest BCUT2D eigenvalue weighted by molar-refractivity contribution is 0.670. The van der Waals surface area contributed by atoms with Gasteiger partial charge in [-0.05, 0) is 85.1 Å². The minimum atomic E-state index is 0.575. The van der Waals surface area contributed by atoms with Crippen molar-refractivity contribution in [1.29, 1.82) is 0 Å². The number of furan rings is 1. The van der Waals surface area contributed by atoms with Crippen molar-refractivity contribution in [1.82, 2.24) is 15.0 Å². The van der Waals surface area contributed by atoms with Gasteiger partial charge in [0, 0.05) is 33.0 Å². The van der Waals surface area contributed by atoms with Crippen molar-refractivity contribution < 1.29 is 4.42 Å². The number of aromatic nitrogens is 3. The third-order valence-corrected chi connectivity index (χ3v) is 12.4. The van der Waals surface area contributed by atoms with Gasteiger partial charge in [0.15, 0.2) is 17.5 Å². The zero-order chi connectivity index (χ0) is 43.1. The van der Waals surface area contributed by atoms with Crippen LogP contribution in [-0.4, -0.2) is 15.0 Å². The second-order valence-corrected chi connectivity index (χ2v) is 16.3. The van der Waals surface area contributed by atoms with E-state index in [-0.39, 0.29) is 0 Å². The van der Waals surface area contributed by atoms with Gasteiger partial charge < -0.3 is 4.42 Å². The summed E-state index contributed by atoms with van der Waals surface area (Å²) in [5, 5.41) is 4.25. The van der Waals surface area contributed by atoms with Crippen LogP contribution in [0, 0.1) is 0 Å². The Morgan fingerprint density at radius 3 is 1.43 bits per heavy atom. The largest absolute Gasteiger partial charge is 0.455 e. The molecule has 0 aliphatic rings. The normalized spacial score (nSPS) is 11.4. The topological polar surface area (TPSA) is 51.8 Å². The van der Waals surface area contributed by atoms with Gasteiger partial charge in [-0.1, -0.05) is 212 Å². The quantitative estimate of drug-likeness (QED) is 0.153. The van der Waals surface area contributed by atoms with Crippen molar-refractivity contribution >= 4 is 32.7 Å². The second-order valence-electron chi connectivity index (χ2n) is 16.3. The van der Waals surface area contributed by atoms with Crippen LogP contribution in [0.25, 0.3) is 123 Å². The average molecular weight is 830 g/mol. The minimum Gasteiger partial charge on any atom is -0.455 e. The third kappa shape index (κ3) is 7.13. The number of benzene rings is 10. The molecule has 0 saturated carbocycles. The summed E-state index contributed by atoms with van der Waals surface area (Å²) in [7, 11) is 0. The lowest BCUT2D eigenvalue weighted by atomic mass is 9.96. The Bertz CT molecular complexity index is 3690. The summed E-state index contributed by atoms with van der Waals surface area (Å²) in [4.78, 5) is 15.8. The number of hydrogen-bond acceptors (Lipinski definition) is 4. The molecule has 0 fully saturated rings. The second kappa shape index (κ2) is 16.2. The van der Waals surface area contributed by atoms with Crippen LogP contribution in [0.2, 0.25) is 0 Å². The molecular weight excluding hydrogens is 791 g/mol. The molecule has 10 aromatic carbocycles. The zero-order valence-corrected chi connectivity index (χ0v) is 35.3. The van der Waals surface area contributed by atoms with E-state index in [0.29, 0.717) is 17.5 Å². The molecule has 304 valence electrons. The van der Waals surface area contributed by atoms with E-state index in [1.54, 1.807) is 0 Å². The molecule has 0 bridgehead atoms. The first kappa shape index (κ1) is 38.0. The highest BCUT2D eigenvalue weighted by Gasteiger charge is 2.20. The molecule has 0 N–H and O–H groups in total. The highest BCUT2D eigenvalue weighted by atomic mass is 16.3. The number of para-hydroxylation sites is 1. The fourth-order valence-electron chi connectivity index (χ4n) is 9.11. The maximum Gasteiger partial charge on any atom is 0.164 e. The standard InChI is InChI=1S/C61H39N3O/c1-4-15-40(16-5-1)46-22-10-23-47(37-46)42-31-34-45(35-32-42)59-62-60(50-36-33-44-21-12-26-51(55(44)39-50)43-19-8-3-9-20-43)64-61(63-59)54-29-14-30-56-57(54)53-28-13-27-52(58(53)65-56)49-25-11-24-48(38-49)41-17-6-2-7-18-41/h1-39H. The predicted molar refractivity (Wildman–Crippen MR) is 268 cm³/mol. The molecule has 65 heavy (non-hydrogen) atoms. The van der Waals surface area contributed by atoms with Gasteiger partial charge in [0.05, 0.1) is 0 Å². The molecule has 0 atom stereocenters. The smallest absolute Gasteiger partial charge is 0.164 e. The van der Waals surface area contributed by atoms with E-state index in [9.17, 15) is 0 Å². The molecule has 4 nitrogen and oxygen atoms in total. The van der Waals surface area contributed by atoms with Gasteiger partial charge in [0.1, 0.15) is 11.2 Å². The van der Waals surface area contributed by atoms with Gasteiger partial charge in [-0.2, -0.15) is 0 Å². The van der Waals surface area contributed by atoms with E-state index in [4.69, 9.17) is 19.4 Å². The van der Waals surface area contributed by atoms with Crippen LogP contribution < -0.4 is 0 Å². The Morgan fingerprint density at radius 1 is 0.262 bits per heavy atom. The molecule has 2 heterocycles. The molecule has 12 rings (SSSR count). The molecule has 0 spiro atoms. The van der Waals surface area contributed by atoms with E-state index in [2.05, 4.69) is 212 Å². The fourth-order valence-corrected chi connectivity index (χ4v) is 9.11. The molecule has 0 unspecified atom stereocenters. The third-order valence-electron chi connectivity index (χ3n) is 12.4. The van der Waals surface area contributed by atoms with Crippen LogP contribution in [-0.2, 0) is 0 Å². The predicted octanol–water partition coefficient (Wildman–Crippen LogP) is 16.3. The SMILES string of the molecule is c1ccc(-c2cccc(-c3ccc(-c4nc(-c5ccc6cccc(-c7ccccc7)c6c5)nc(-c5cccc6oc7c(-c8cccc(-c9ccccc9)c8)cccc7c56)n4)cc3)c2)cc1. The first-order chi connectivity index (χ1) is 32.2. The van der Waals surface area contributed by atoms with E-state index in [1.165, 1.54) is 16.7 Å². The molecule has 0 saturated heterocycles. The van der Waals surface area contributed by atoms with Crippen molar-refractivity contribution in [3.05, 3.63) is 237 Å². The fraction of sp³-hybridized carbons (Fsp3) is 0. The molecule has 4 heteroatoms. The number of rotatable bonds is 8. The Kier molecular flexibility index (Phi) is 9.46. The van der Waals surface area contributed by atoms with Gasteiger partial charge >= 0.3 is 0 Å². The van der Waals surface area contributed by atoms with Crippen LogP contribution in [0.15, 0.2) is 241 Å². The van der Waals surface area contributed by atoms with E-state index in [1.807, 2.05) is 24.3 Å². The van der Waals surface area contributed by atoms with E-state index < -0.39 is 0 Å². The van der Waals surface area contributed by atoms with Crippen LogP contribution in [0.1, 0.15) is 0 Å². The lowest BCUT2D eigenvalue weighted by Crippen LogP contribution is -2.00. The van der Waals surface area contributed by atoms with Crippen molar-refractivity contribution in [2.75, 3.05) is 0 Å². The van der Waals surface area contributed by atoms with Gasteiger partial charge in [-0.25, -0.2) is 15.0 Å². The maximum atomic E-state index is 6.80. The van der Waals surface area contributed by atoms with Crippen LogP contribution in [0.5, 0.6) is 0 Å². The van der Waals surface area contributed by atoms with E-state index >= 15 is 0 Å². The van der Waals surface area contributed by atoms with Crippen molar-refractivity contribution in [2.24, 2.45) is 0 Å². The summed E-state index contributed by atoms with van der Waals surface area (Å²) in [5.41, 5.74) is 15.7. The summed E-state index contributed by atoms with van der Waals surface area (Å²) in [5.74, 6) is 1.76. The zero-order valence-electron chi connectivity index (χ0n) is 35.3. The van der Waals surface area contributed by atoms with Gasteiger partial charge in [-0.3, -0.25) is 0 Å². The summed E-state index contributed by atoms with van der Waals surface area (Å²) < 4.78 is 6.80. The molecule has 0 radical (unpaired) electrons. The molecular formula is C61H39N3O. The Balaban J connectivity index is 1.01. The summed E-state index contributed by atoms with van der Waals surface area (Å²) in [6, 6.07) is 82.9. The monoisotopic (exact) mass is 829 g/mol. The molecule has 2 aromatic heterocycles. The molecule has 0 aliphatic heterocycles. The summed E-state index contributed by atoms with van der Waals surface area (Å²) in [6.07, 6.45) is 0. The van der Waals surface area contributed by atoms with Crippen molar-refractivity contribution in [2.45, 2.75) is 0 Å². The average Bonchev–Trinajstić information content (AvgIpc) is 3.78. The van der Waals surface area contributed by atoms with E-state index in [0.717, 1.165) is 88.3 Å².